The maximum absolute atomic E-state index is 13.9. The number of amides is 2. The summed E-state index contributed by atoms with van der Waals surface area (Å²) in [6.45, 7) is 4.97. The van der Waals surface area contributed by atoms with Gasteiger partial charge in [0.2, 0.25) is 0 Å². The molecule has 3 aromatic rings. The van der Waals surface area contributed by atoms with Crippen molar-refractivity contribution in [3.05, 3.63) is 72.4 Å². The fraction of sp³-hybridized carbons (Fsp3) is 0.333. The van der Waals surface area contributed by atoms with Crippen molar-refractivity contribution in [2.45, 2.75) is 51.5 Å². The van der Waals surface area contributed by atoms with Crippen LogP contribution in [0.5, 0.6) is 5.75 Å². The van der Waals surface area contributed by atoms with Crippen LogP contribution in [0.15, 0.2) is 71.9 Å². The number of fused-ring (bicyclic) bond motifs is 1. The number of rotatable bonds is 11. The molecule has 0 bridgehead atoms. The molecule has 11 heteroatoms. The highest BCUT2D eigenvalue weighted by molar-refractivity contribution is 6.03. The van der Waals surface area contributed by atoms with Gasteiger partial charge in [-0.3, -0.25) is 19.2 Å². The number of ketones is 1. The predicted molar refractivity (Wildman–Crippen MR) is 150 cm³/mol. The molecule has 11 nitrogen and oxygen atoms in total. The summed E-state index contributed by atoms with van der Waals surface area (Å²) < 4.78 is 6.07. The molecule has 1 aromatic heterocycles. The Morgan fingerprint density at radius 2 is 1.73 bits per heavy atom. The third-order valence-corrected chi connectivity index (χ3v) is 6.84. The number of aromatic nitrogens is 1. The number of benzene rings is 2. The number of likely N-dealkylation sites (N-methyl/N-ethyl adjacent to an activating group) is 1. The monoisotopic (exact) mass is 560 g/mol. The van der Waals surface area contributed by atoms with Gasteiger partial charge < -0.3 is 24.9 Å². The van der Waals surface area contributed by atoms with Crippen molar-refractivity contribution in [2.75, 3.05) is 7.05 Å². The Balaban J connectivity index is 1.61. The molecule has 1 unspecified atom stereocenters. The van der Waals surface area contributed by atoms with Crippen LogP contribution in [0.3, 0.4) is 0 Å². The standard InChI is InChI=1S/C30H32N4O7/c1-18(2)27(32-28(38)23-15-14-20-10-8-9-13-22(20)31-23)24-17-30(41-33-24,40-21-11-6-5-7-12-21)29(39)34(4)25(19(3)35)16-26(36)37/h5-15,18,25,27H,16-17H2,1-4H3,(H,32,38)(H,36,37)/t25-,27-,30?/m0/s1. The number of aliphatic carboxylic acids is 1. The highest BCUT2D eigenvalue weighted by atomic mass is 16.8. The first-order chi connectivity index (χ1) is 19.5. The van der Waals surface area contributed by atoms with Crippen molar-refractivity contribution in [1.82, 2.24) is 15.2 Å². The molecule has 0 aliphatic carbocycles. The van der Waals surface area contributed by atoms with Crippen LogP contribution >= 0.6 is 0 Å². The topological polar surface area (TPSA) is 147 Å². The molecule has 2 heterocycles. The SMILES string of the molecule is CC(=O)[C@H](CC(=O)O)N(C)C(=O)C1(Oc2ccccc2)CC([C@@H](NC(=O)c2ccc3ccccc3n2)C(C)C)=NO1. The summed E-state index contributed by atoms with van der Waals surface area (Å²) in [6.07, 6.45) is -0.771. The zero-order valence-electron chi connectivity index (χ0n) is 23.2. The molecule has 1 aliphatic rings. The van der Waals surface area contributed by atoms with Crippen molar-refractivity contribution < 1.29 is 33.9 Å². The molecule has 41 heavy (non-hydrogen) atoms. The molecule has 2 aromatic carbocycles. The minimum absolute atomic E-state index is 0.168. The first-order valence-electron chi connectivity index (χ1n) is 13.2. The molecule has 2 N–H and O–H groups in total. The Labute approximate surface area is 237 Å². The highest BCUT2D eigenvalue weighted by Crippen LogP contribution is 2.33. The van der Waals surface area contributed by atoms with E-state index in [1.165, 1.54) is 14.0 Å². The number of carboxylic acids is 1. The first-order valence-corrected chi connectivity index (χ1v) is 13.2. The maximum atomic E-state index is 13.9. The van der Waals surface area contributed by atoms with Gasteiger partial charge in [-0.05, 0) is 37.1 Å². The van der Waals surface area contributed by atoms with E-state index in [9.17, 15) is 24.3 Å². The summed E-state index contributed by atoms with van der Waals surface area (Å²) in [7, 11) is 1.32. The molecule has 214 valence electrons. The Kier molecular flexibility index (Phi) is 8.65. The maximum Gasteiger partial charge on any atom is 0.360 e. The molecule has 0 radical (unpaired) electrons. The number of carbonyl (C=O) groups excluding carboxylic acids is 3. The molecular formula is C30H32N4O7. The summed E-state index contributed by atoms with van der Waals surface area (Å²) in [5.41, 5.74) is 1.23. The van der Waals surface area contributed by atoms with E-state index < -0.39 is 47.9 Å². The Hall–Kier alpha value is -4.80. The fourth-order valence-corrected chi connectivity index (χ4v) is 4.67. The third kappa shape index (κ3) is 6.51. The minimum Gasteiger partial charge on any atom is -0.481 e. The first kappa shape index (κ1) is 29.2. The van der Waals surface area contributed by atoms with Crippen molar-refractivity contribution in [2.24, 2.45) is 11.1 Å². The molecule has 0 saturated carbocycles. The smallest absolute Gasteiger partial charge is 0.360 e. The van der Waals surface area contributed by atoms with E-state index in [0.29, 0.717) is 17.0 Å². The van der Waals surface area contributed by atoms with Gasteiger partial charge in [-0.15, -0.1) is 0 Å². The van der Waals surface area contributed by atoms with Crippen LogP contribution < -0.4 is 10.1 Å². The van der Waals surface area contributed by atoms with E-state index in [1.54, 1.807) is 36.4 Å². The van der Waals surface area contributed by atoms with E-state index >= 15 is 0 Å². The van der Waals surface area contributed by atoms with Crippen LogP contribution in [0, 0.1) is 5.92 Å². The van der Waals surface area contributed by atoms with E-state index in [1.807, 2.05) is 44.2 Å². The minimum atomic E-state index is -2.03. The Morgan fingerprint density at radius 1 is 1.05 bits per heavy atom. The van der Waals surface area contributed by atoms with Gasteiger partial charge in [0.1, 0.15) is 17.5 Å². The summed E-state index contributed by atoms with van der Waals surface area (Å²) in [5.74, 6) is -4.86. The van der Waals surface area contributed by atoms with Crippen LogP contribution in [0.2, 0.25) is 0 Å². The van der Waals surface area contributed by atoms with Crippen LogP contribution in [0.1, 0.15) is 44.1 Å². The number of hydrogen-bond donors (Lipinski definition) is 2. The second-order valence-electron chi connectivity index (χ2n) is 10.2. The van der Waals surface area contributed by atoms with Crippen LogP contribution in [0.4, 0.5) is 0 Å². The zero-order valence-corrected chi connectivity index (χ0v) is 23.2. The number of carboxylic acid groups (broad SMARTS) is 1. The van der Waals surface area contributed by atoms with Gasteiger partial charge in [0, 0.05) is 12.4 Å². The van der Waals surface area contributed by atoms with Crippen LogP contribution in [-0.4, -0.2) is 69.2 Å². The van der Waals surface area contributed by atoms with Gasteiger partial charge in [0.05, 0.1) is 30.1 Å². The molecule has 2 amide bonds. The number of oxime groups is 1. The van der Waals surface area contributed by atoms with Gasteiger partial charge in [-0.2, -0.15) is 0 Å². The average molecular weight is 561 g/mol. The van der Waals surface area contributed by atoms with Crippen LogP contribution in [0.25, 0.3) is 10.9 Å². The fourth-order valence-electron chi connectivity index (χ4n) is 4.67. The summed E-state index contributed by atoms with van der Waals surface area (Å²) in [5, 5.41) is 17.4. The average Bonchev–Trinajstić information content (AvgIpc) is 3.38. The van der Waals surface area contributed by atoms with Crippen molar-refractivity contribution in [1.29, 1.82) is 0 Å². The van der Waals surface area contributed by atoms with Crippen molar-refractivity contribution in [3.8, 4) is 5.75 Å². The molecule has 0 saturated heterocycles. The quantitative estimate of drug-likeness (QED) is 0.363. The molecule has 3 atom stereocenters. The number of Topliss-reactive ketones (excluding diaryl/α,β-unsaturated/α-hetero) is 1. The Morgan fingerprint density at radius 3 is 2.39 bits per heavy atom. The van der Waals surface area contributed by atoms with Gasteiger partial charge >= 0.3 is 17.7 Å². The van der Waals surface area contributed by atoms with Crippen molar-refractivity contribution >= 4 is 40.2 Å². The Bertz CT molecular complexity index is 1490. The largest absolute Gasteiger partial charge is 0.481 e. The van der Waals surface area contributed by atoms with Crippen LogP contribution in [-0.2, 0) is 19.2 Å². The van der Waals surface area contributed by atoms with Gasteiger partial charge in [-0.25, -0.2) is 4.98 Å². The molecule has 4 rings (SSSR count). The lowest BCUT2D eigenvalue weighted by Gasteiger charge is -2.33. The van der Waals surface area contributed by atoms with Gasteiger partial charge in [0.15, 0.2) is 5.78 Å². The van der Waals surface area contributed by atoms with Gasteiger partial charge in [0.25, 0.3) is 5.91 Å². The second-order valence-corrected chi connectivity index (χ2v) is 10.2. The lowest BCUT2D eigenvalue weighted by atomic mass is 9.93. The van der Waals surface area contributed by atoms with E-state index in [4.69, 9.17) is 9.57 Å². The van der Waals surface area contributed by atoms with E-state index in [0.717, 1.165) is 10.3 Å². The number of hydrogen-bond acceptors (Lipinski definition) is 8. The molecule has 0 fully saturated rings. The van der Waals surface area contributed by atoms with E-state index in [2.05, 4.69) is 15.5 Å². The molecule has 1 aliphatic heterocycles. The lowest BCUT2D eigenvalue weighted by Crippen LogP contribution is -2.57. The normalized spacial score (nSPS) is 17.7. The summed E-state index contributed by atoms with van der Waals surface area (Å²) >= 11 is 0. The van der Waals surface area contributed by atoms with E-state index in [-0.39, 0.29) is 18.0 Å². The number of carbonyl (C=O) groups is 4. The number of pyridine rings is 1. The number of nitrogens with zero attached hydrogens (tertiary/aromatic N) is 3. The highest BCUT2D eigenvalue weighted by Gasteiger charge is 2.54. The summed E-state index contributed by atoms with van der Waals surface area (Å²) in [4.78, 5) is 62.0. The van der Waals surface area contributed by atoms with Gasteiger partial charge in [-0.1, -0.05) is 61.5 Å². The molecular weight excluding hydrogens is 528 g/mol. The molecule has 0 spiro atoms. The predicted octanol–water partition coefficient (Wildman–Crippen LogP) is 3.43. The zero-order chi connectivity index (χ0) is 29.7. The number of ether oxygens (including phenoxy) is 1. The number of para-hydroxylation sites is 2. The summed E-state index contributed by atoms with van der Waals surface area (Å²) in [6, 6.07) is 17.4. The number of nitrogens with one attached hydrogen (secondary N) is 1. The lowest BCUT2D eigenvalue weighted by molar-refractivity contribution is -0.197. The third-order valence-electron chi connectivity index (χ3n) is 6.84. The second kappa shape index (κ2) is 12.2. The van der Waals surface area contributed by atoms with Crippen molar-refractivity contribution in [3.63, 3.8) is 0 Å².